The van der Waals surface area contributed by atoms with E-state index in [0.29, 0.717) is 14.7 Å². The Labute approximate surface area is 118 Å². The Morgan fingerprint density at radius 3 is 2.32 bits per heavy atom. The van der Waals surface area contributed by atoms with E-state index in [2.05, 4.69) is 52.2 Å². The summed E-state index contributed by atoms with van der Waals surface area (Å²) in [5, 5.41) is 0. The van der Waals surface area contributed by atoms with Crippen molar-refractivity contribution in [2.75, 3.05) is 7.11 Å². The summed E-state index contributed by atoms with van der Waals surface area (Å²) in [6, 6.07) is 20.9. The molecule has 94 valence electrons. The van der Waals surface area contributed by atoms with Gasteiger partial charge in [0.15, 0.2) is 0 Å². The summed E-state index contributed by atoms with van der Waals surface area (Å²) in [7, 11) is 1.69. The maximum atomic E-state index is 5.19. The number of rotatable bonds is 3. The van der Waals surface area contributed by atoms with Crippen molar-refractivity contribution in [1.82, 2.24) is 0 Å². The Morgan fingerprint density at radius 2 is 1.63 bits per heavy atom. The summed E-state index contributed by atoms with van der Waals surface area (Å²) < 4.78 is 8.89. The van der Waals surface area contributed by atoms with Crippen LogP contribution < -0.4 is 8.30 Å². The van der Waals surface area contributed by atoms with Crippen LogP contribution in [-0.4, -0.2) is 21.8 Å². The Hall–Kier alpha value is -1.83. The number of nitrogens with zero attached hydrogens (tertiary/aromatic N) is 1. The van der Waals surface area contributed by atoms with Crippen LogP contribution in [0.4, 0.5) is 0 Å². The van der Waals surface area contributed by atoms with Crippen molar-refractivity contribution in [3.05, 3.63) is 66.9 Å². The van der Waals surface area contributed by atoms with Gasteiger partial charge in [0.1, 0.15) is 0 Å². The van der Waals surface area contributed by atoms with E-state index < -0.39 is 0 Å². The van der Waals surface area contributed by atoms with Crippen LogP contribution in [0.3, 0.4) is 0 Å². The van der Waals surface area contributed by atoms with E-state index in [1.54, 1.807) is 7.11 Å². The van der Waals surface area contributed by atoms with Gasteiger partial charge in [-0.15, -0.1) is 0 Å². The molecule has 0 N–H and O–H groups in total. The second-order valence-corrected chi connectivity index (χ2v) is 6.29. The third kappa shape index (κ3) is 2.62. The minimum atomic E-state index is 0.302. The SMILES string of the molecule is COc1ccc(-c2cc[n+](-c3ccccc3)[se]2)cc1. The van der Waals surface area contributed by atoms with Crippen molar-refractivity contribution >= 4 is 14.7 Å². The fourth-order valence-corrected chi connectivity index (χ4v) is 3.86. The summed E-state index contributed by atoms with van der Waals surface area (Å²) >= 11 is 0.302. The third-order valence-corrected chi connectivity index (χ3v) is 5.25. The van der Waals surface area contributed by atoms with Gasteiger partial charge in [-0.25, -0.2) is 0 Å². The van der Waals surface area contributed by atoms with Crippen molar-refractivity contribution in [1.29, 1.82) is 0 Å². The number of benzene rings is 2. The van der Waals surface area contributed by atoms with Crippen LogP contribution in [0, 0.1) is 0 Å². The monoisotopic (exact) mass is 316 g/mol. The van der Waals surface area contributed by atoms with Crippen molar-refractivity contribution < 1.29 is 8.30 Å². The molecule has 1 aromatic heterocycles. The van der Waals surface area contributed by atoms with E-state index in [4.69, 9.17) is 4.74 Å². The van der Waals surface area contributed by atoms with Gasteiger partial charge in [0.25, 0.3) is 0 Å². The average molecular weight is 315 g/mol. The predicted octanol–water partition coefficient (Wildman–Crippen LogP) is 2.70. The molecule has 0 saturated heterocycles. The fourth-order valence-electron chi connectivity index (χ4n) is 1.92. The van der Waals surface area contributed by atoms with Gasteiger partial charge in [-0.2, -0.15) is 0 Å². The molecule has 0 aliphatic rings. The first kappa shape index (κ1) is 12.2. The second kappa shape index (κ2) is 5.43. The molecule has 0 fully saturated rings. The van der Waals surface area contributed by atoms with Gasteiger partial charge in [-0.05, 0) is 0 Å². The number of hydrogen-bond acceptors (Lipinski definition) is 1. The van der Waals surface area contributed by atoms with Gasteiger partial charge in [-0.1, -0.05) is 0 Å². The third-order valence-electron chi connectivity index (χ3n) is 2.94. The molecular weight excluding hydrogens is 301 g/mol. The van der Waals surface area contributed by atoms with E-state index in [9.17, 15) is 0 Å². The molecule has 3 aromatic rings. The molecule has 0 saturated carbocycles. The average Bonchev–Trinajstić information content (AvgIpc) is 2.98. The first-order chi connectivity index (χ1) is 9.36. The topological polar surface area (TPSA) is 13.1 Å². The zero-order valence-electron chi connectivity index (χ0n) is 10.6. The number of hydrogen-bond donors (Lipinski definition) is 0. The number of methoxy groups -OCH3 is 1. The Kier molecular flexibility index (Phi) is 3.49. The molecule has 0 atom stereocenters. The number of aromatic nitrogens is 1. The van der Waals surface area contributed by atoms with E-state index in [0.717, 1.165) is 5.75 Å². The molecule has 0 radical (unpaired) electrons. The van der Waals surface area contributed by atoms with Crippen LogP contribution in [0.25, 0.3) is 15.7 Å². The zero-order chi connectivity index (χ0) is 13.1. The summed E-state index contributed by atoms with van der Waals surface area (Å²) in [5.41, 5.74) is 2.53. The van der Waals surface area contributed by atoms with Crippen LogP contribution >= 0.6 is 0 Å². The predicted molar refractivity (Wildman–Crippen MR) is 76.9 cm³/mol. The van der Waals surface area contributed by atoms with Crippen molar-refractivity contribution in [3.8, 4) is 21.4 Å². The Balaban J connectivity index is 1.92. The van der Waals surface area contributed by atoms with E-state index in [1.165, 1.54) is 15.7 Å². The quantitative estimate of drug-likeness (QED) is 0.677. The minimum absolute atomic E-state index is 0.302. The van der Waals surface area contributed by atoms with Gasteiger partial charge in [0, 0.05) is 0 Å². The summed E-state index contributed by atoms with van der Waals surface area (Å²) in [5.74, 6) is 0.902. The molecule has 19 heavy (non-hydrogen) atoms. The standard InChI is InChI=1S/C16H14NOSe/c1-18-15-9-7-13(8-10-15)16-11-12-17(19-16)14-5-3-2-4-6-14/h2-12H,1H3/q+1. The Morgan fingerprint density at radius 1 is 0.895 bits per heavy atom. The van der Waals surface area contributed by atoms with Gasteiger partial charge in [0.05, 0.1) is 0 Å². The van der Waals surface area contributed by atoms with Crippen LogP contribution in [0.2, 0.25) is 0 Å². The first-order valence-corrected chi connectivity index (χ1v) is 7.71. The molecule has 0 aliphatic heterocycles. The first-order valence-electron chi connectivity index (χ1n) is 6.08. The van der Waals surface area contributed by atoms with Crippen molar-refractivity contribution in [3.63, 3.8) is 0 Å². The molecule has 0 aliphatic carbocycles. The summed E-state index contributed by atoms with van der Waals surface area (Å²) in [4.78, 5) is 0. The van der Waals surface area contributed by atoms with Gasteiger partial charge in [-0.3, -0.25) is 0 Å². The van der Waals surface area contributed by atoms with Gasteiger partial charge >= 0.3 is 118 Å². The van der Waals surface area contributed by atoms with E-state index in [1.807, 2.05) is 18.2 Å². The summed E-state index contributed by atoms with van der Waals surface area (Å²) in [6.07, 6.45) is 2.16. The van der Waals surface area contributed by atoms with Crippen LogP contribution in [0.5, 0.6) is 5.75 Å². The zero-order valence-corrected chi connectivity index (χ0v) is 12.3. The normalized spacial score (nSPS) is 10.4. The second-order valence-electron chi connectivity index (χ2n) is 4.16. The fraction of sp³-hybridized carbons (Fsp3) is 0.0625. The van der Waals surface area contributed by atoms with E-state index >= 15 is 0 Å². The number of para-hydroxylation sites is 1. The molecule has 0 unspecified atom stereocenters. The molecule has 3 rings (SSSR count). The number of ether oxygens (including phenoxy) is 1. The van der Waals surface area contributed by atoms with Crippen molar-refractivity contribution in [2.45, 2.75) is 0 Å². The molecule has 3 heteroatoms. The molecule has 2 aromatic carbocycles. The Bertz CT molecular complexity index is 659. The maximum absolute atomic E-state index is 5.19. The van der Waals surface area contributed by atoms with Gasteiger partial charge in [0.2, 0.25) is 0 Å². The van der Waals surface area contributed by atoms with Crippen LogP contribution in [0.1, 0.15) is 0 Å². The van der Waals surface area contributed by atoms with Crippen LogP contribution in [0.15, 0.2) is 66.9 Å². The molecule has 1 heterocycles. The summed E-state index contributed by atoms with van der Waals surface area (Å²) in [6.45, 7) is 0. The van der Waals surface area contributed by atoms with Crippen molar-refractivity contribution in [2.24, 2.45) is 0 Å². The van der Waals surface area contributed by atoms with Gasteiger partial charge < -0.3 is 0 Å². The molecule has 2 nitrogen and oxygen atoms in total. The van der Waals surface area contributed by atoms with Crippen LogP contribution in [-0.2, 0) is 0 Å². The van der Waals surface area contributed by atoms with E-state index in [-0.39, 0.29) is 0 Å². The molecular formula is C16H14NOSe+. The molecule has 0 amide bonds. The molecule has 0 bridgehead atoms. The molecule has 0 spiro atoms.